The van der Waals surface area contributed by atoms with Crippen molar-refractivity contribution in [3.05, 3.63) is 12.7 Å². The molecule has 1 aliphatic carbocycles. The summed E-state index contributed by atoms with van der Waals surface area (Å²) in [7, 11) is 0. The van der Waals surface area contributed by atoms with E-state index in [1.807, 2.05) is 33.8 Å². The highest BCUT2D eigenvalue weighted by Gasteiger charge is 2.23. The van der Waals surface area contributed by atoms with E-state index >= 15 is 0 Å². The van der Waals surface area contributed by atoms with Gasteiger partial charge in [0.15, 0.2) is 0 Å². The lowest BCUT2D eigenvalue weighted by molar-refractivity contribution is 0.208. The largest absolute Gasteiger partial charge is 0.103 e. The molecular formula is C17H38. The van der Waals surface area contributed by atoms with Crippen LogP contribution in [0.4, 0.5) is 0 Å². The van der Waals surface area contributed by atoms with Crippen molar-refractivity contribution in [1.82, 2.24) is 0 Å². The number of hydrogen-bond acceptors (Lipinski definition) is 0. The third kappa shape index (κ3) is 15.7. The quantitative estimate of drug-likeness (QED) is 0.457. The van der Waals surface area contributed by atoms with Crippen molar-refractivity contribution in [1.29, 1.82) is 0 Å². The van der Waals surface area contributed by atoms with Crippen LogP contribution in [-0.2, 0) is 0 Å². The van der Waals surface area contributed by atoms with Crippen LogP contribution in [0.2, 0.25) is 0 Å². The monoisotopic (exact) mass is 242 g/mol. The summed E-state index contributed by atoms with van der Waals surface area (Å²) in [4.78, 5) is 0. The van der Waals surface area contributed by atoms with E-state index in [-0.39, 0.29) is 0 Å². The third-order valence-corrected chi connectivity index (χ3v) is 3.20. The molecular weight excluding hydrogens is 204 g/mol. The van der Waals surface area contributed by atoms with E-state index in [1.165, 1.54) is 38.5 Å². The summed E-state index contributed by atoms with van der Waals surface area (Å²) >= 11 is 0. The SMILES string of the molecule is C=CCC.CC.CC.CCC1(C)CCCCC1. The van der Waals surface area contributed by atoms with Gasteiger partial charge in [0.1, 0.15) is 0 Å². The Kier molecular flexibility index (Phi) is 23.4. The van der Waals surface area contributed by atoms with Crippen LogP contribution in [0.25, 0.3) is 0 Å². The van der Waals surface area contributed by atoms with Crippen LogP contribution in [-0.4, -0.2) is 0 Å². The van der Waals surface area contributed by atoms with E-state index < -0.39 is 0 Å². The van der Waals surface area contributed by atoms with Gasteiger partial charge in [-0.2, -0.15) is 0 Å². The van der Waals surface area contributed by atoms with Crippen LogP contribution in [0.5, 0.6) is 0 Å². The number of allylic oxidation sites excluding steroid dienone is 1. The zero-order valence-corrected chi connectivity index (χ0v) is 13.7. The van der Waals surface area contributed by atoms with Gasteiger partial charge in [-0.05, 0) is 24.7 Å². The smallest absolute Gasteiger partial charge is 0.0328 e. The Labute approximate surface area is 112 Å². The van der Waals surface area contributed by atoms with Crippen LogP contribution in [0.15, 0.2) is 12.7 Å². The van der Waals surface area contributed by atoms with Crippen molar-refractivity contribution in [3.8, 4) is 0 Å². The van der Waals surface area contributed by atoms with Crippen molar-refractivity contribution in [2.24, 2.45) is 5.41 Å². The molecule has 0 bridgehead atoms. The minimum absolute atomic E-state index is 0.720. The Morgan fingerprint density at radius 1 is 0.941 bits per heavy atom. The zero-order chi connectivity index (χ0) is 14.2. The molecule has 17 heavy (non-hydrogen) atoms. The maximum absolute atomic E-state index is 3.48. The molecule has 1 aliphatic rings. The lowest BCUT2D eigenvalue weighted by Crippen LogP contribution is -2.18. The average Bonchev–Trinajstić information content (AvgIpc) is 2.44. The molecule has 0 spiro atoms. The topological polar surface area (TPSA) is 0 Å². The van der Waals surface area contributed by atoms with Gasteiger partial charge in [0.05, 0.1) is 0 Å². The molecule has 0 saturated heterocycles. The second-order valence-corrected chi connectivity index (χ2v) is 4.42. The molecule has 0 aromatic rings. The van der Waals surface area contributed by atoms with Crippen molar-refractivity contribution in [2.45, 2.75) is 93.4 Å². The molecule has 0 amide bonds. The van der Waals surface area contributed by atoms with Crippen LogP contribution in [0.3, 0.4) is 0 Å². The lowest BCUT2D eigenvalue weighted by atomic mass is 9.74. The summed E-state index contributed by atoms with van der Waals surface area (Å²) in [6.07, 6.45) is 11.7. The minimum Gasteiger partial charge on any atom is -0.103 e. The van der Waals surface area contributed by atoms with Crippen LogP contribution in [0, 0.1) is 5.41 Å². The molecule has 0 unspecified atom stereocenters. The highest BCUT2D eigenvalue weighted by Crippen LogP contribution is 2.37. The van der Waals surface area contributed by atoms with Gasteiger partial charge in [-0.25, -0.2) is 0 Å². The van der Waals surface area contributed by atoms with E-state index in [9.17, 15) is 0 Å². The molecule has 0 nitrogen and oxygen atoms in total. The minimum atomic E-state index is 0.720. The van der Waals surface area contributed by atoms with Gasteiger partial charge in [-0.15, -0.1) is 6.58 Å². The van der Waals surface area contributed by atoms with Crippen LogP contribution in [0.1, 0.15) is 93.4 Å². The van der Waals surface area contributed by atoms with E-state index in [4.69, 9.17) is 0 Å². The summed E-state index contributed by atoms with van der Waals surface area (Å²) < 4.78 is 0. The molecule has 1 rings (SSSR count). The van der Waals surface area contributed by atoms with E-state index in [2.05, 4.69) is 27.4 Å². The fourth-order valence-corrected chi connectivity index (χ4v) is 1.76. The fraction of sp³-hybridized carbons (Fsp3) is 0.882. The summed E-state index contributed by atoms with van der Waals surface area (Å²) in [6.45, 7) is 18.3. The maximum Gasteiger partial charge on any atom is -0.0328 e. The lowest BCUT2D eigenvalue weighted by Gasteiger charge is -2.32. The summed E-state index contributed by atoms with van der Waals surface area (Å²) in [5.41, 5.74) is 0.720. The fourth-order valence-electron chi connectivity index (χ4n) is 1.76. The molecule has 0 atom stereocenters. The molecule has 1 saturated carbocycles. The van der Waals surface area contributed by atoms with Gasteiger partial charge < -0.3 is 0 Å². The first kappa shape index (κ1) is 22.0. The molecule has 0 N–H and O–H groups in total. The second kappa shape index (κ2) is 18.1. The predicted molar refractivity (Wildman–Crippen MR) is 84.7 cm³/mol. The summed E-state index contributed by atoms with van der Waals surface area (Å²) in [5.74, 6) is 0. The number of hydrogen-bond donors (Lipinski definition) is 0. The summed E-state index contributed by atoms with van der Waals surface area (Å²) in [5, 5.41) is 0. The predicted octanol–water partition coefficient (Wildman–Crippen LogP) is 7.00. The molecule has 0 aromatic heterocycles. The first-order chi connectivity index (χ1) is 8.18. The maximum atomic E-state index is 3.48. The Bertz CT molecular complexity index is 118. The van der Waals surface area contributed by atoms with Gasteiger partial charge in [-0.3, -0.25) is 0 Å². The Hall–Kier alpha value is -0.260. The Morgan fingerprint density at radius 2 is 1.29 bits per heavy atom. The van der Waals surface area contributed by atoms with Crippen molar-refractivity contribution in [2.75, 3.05) is 0 Å². The first-order valence-electron chi connectivity index (χ1n) is 7.79. The molecule has 0 heterocycles. The Balaban J connectivity index is -0.000000208. The van der Waals surface area contributed by atoms with Gasteiger partial charge in [0.2, 0.25) is 0 Å². The molecule has 1 fully saturated rings. The highest BCUT2D eigenvalue weighted by atomic mass is 14.3. The molecule has 0 aromatic carbocycles. The normalized spacial score (nSPS) is 15.9. The molecule has 0 radical (unpaired) electrons. The molecule has 106 valence electrons. The van der Waals surface area contributed by atoms with Crippen molar-refractivity contribution >= 4 is 0 Å². The molecule has 0 aliphatic heterocycles. The van der Waals surface area contributed by atoms with Crippen molar-refractivity contribution in [3.63, 3.8) is 0 Å². The van der Waals surface area contributed by atoms with Gasteiger partial charge in [0, 0.05) is 0 Å². The van der Waals surface area contributed by atoms with E-state index in [0.29, 0.717) is 0 Å². The molecule has 0 heteroatoms. The summed E-state index contributed by atoms with van der Waals surface area (Å²) in [6, 6.07) is 0. The third-order valence-electron chi connectivity index (χ3n) is 3.20. The van der Waals surface area contributed by atoms with Crippen LogP contribution < -0.4 is 0 Å². The Morgan fingerprint density at radius 3 is 1.47 bits per heavy atom. The van der Waals surface area contributed by atoms with E-state index in [1.54, 1.807) is 0 Å². The standard InChI is InChI=1S/C9H18.C4H8.2C2H6/c1-3-9(2)7-5-4-6-8-9;1-3-4-2;2*1-2/h3-8H2,1-2H3;3H,1,4H2,2H3;2*1-2H3. The van der Waals surface area contributed by atoms with Gasteiger partial charge in [-0.1, -0.05) is 80.2 Å². The second-order valence-electron chi connectivity index (χ2n) is 4.42. The van der Waals surface area contributed by atoms with Crippen molar-refractivity contribution < 1.29 is 0 Å². The van der Waals surface area contributed by atoms with Gasteiger partial charge in [0.25, 0.3) is 0 Å². The highest BCUT2D eigenvalue weighted by molar-refractivity contribution is 4.76. The van der Waals surface area contributed by atoms with Crippen LogP contribution >= 0.6 is 0 Å². The first-order valence-corrected chi connectivity index (χ1v) is 7.79. The van der Waals surface area contributed by atoms with E-state index in [0.717, 1.165) is 11.8 Å². The zero-order valence-electron chi connectivity index (χ0n) is 13.7. The van der Waals surface area contributed by atoms with Gasteiger partial charge >= 0.3 is 0 Å². The average molecular weight is 242 g/mol. The number of rotatable bonds is 2.